The largest absolute Gasteiger partial charge is 0.497 e. The van der Waals surface area contributed by atoms with Crippen molar-refractivity contribution in [3.8, 4) is 28.9 Å². The third kappa shape index (κ3) is 28.2. The third-order valence-electron chi connectivity index (χ3n) is 17.2. The standard InChI is InChI=1S/C40H39ClF5N7O7S.C17H19ClN4O3S.C14H17F2NO4.C9H9F3N2O3.CH4/c1-39(2,3)60-38(55)47-29(19-23-17-24(42)20-25(43)18-23)35-49-34-27(11-14-31(48-34)59-16-15-40(44,45)46)37(54)53(35)30-13-12-28(41)32-33(30)51(4)50-36(32)52(61(6,56)57)21-22-7-9-26(58-5)10-8-22;1-21-16-14(19)9-8-13(18)15(16)17(20-21)22(26(3,23)24)10-11-4-6-12(25-2)7-5-11;1-14(2,3)21-13(20)17-11(12(18)19)6-8-4-9(15)7-10(16)5-8;10-9(11,12)3-4-17-6-2-1-5(8(15)16)7(13)14-6;/h7-14,17-18,20,29H,15-16,19,21H2,1-6H3,(H,47,55);4-9H,10,19H2,1-3H3;4-5,7,11H,6H2,1-3H3,(H,17,20)(H,18,19);1-2H,3-4H2,(H2,13,14)(H,15,16);1H4/t29-;;11-;;/m0.0../s1. The third-order valence-corrected chi connectivity index (χ3v) is 20.0. The minimum atomic E-state index is -4.53. The van der Waals surface area contributed by atoms with Crippen LogP contribution in [0.15, 0.2) is 138 Å². The number of methoxy groups -OCH3 is 2. The van der Waals surface area contributed by atoms with Crippen molar-refractivity contribution < 1.29 is 119 Å². The Balaban J connectivity index is 0.000000272. The van der Waals surface area contributed by atoms with Crippen LogP contribution < -0.4 is 55.2 Å². The van der Waals surface area contributed by atoms with Gasteiger partial charge in [-0.25, -0.2) is 67.2 Å². The van der Waals surface area contributed by atoms with E-state index in [-0.39, 0.29) is 111 Å². The molecule has 2 atom stereocenters. The van der Waals surface area contributed by atoms with Crippen molar-refractivity contribution in [2.75, 3.05) is 60.0 Å². The van der Waals surface area contributed by atoms with Gasteiger partial charge in [-0.3, -0.25) is 18.7 Å². The molecule has 0 radical (unpaired) electrons. The number of benzene rings is 6. The first kappa shape index (κ1) is 100. The fraction of sp³-hybridized carbons (Fsp3) is 0.333. The van der Waals surface area contributed by atoms with Gasteiger partial charge in [-0.05, 0) is 149 Å². The molecular weight excluding hydrogens is 1770 g/mol. The molecule has 5 aromatic heterocycles. The van der Waals surface area contributed by atoms with Crippen LogP contribution in [-0.2, 0) is 74.3 Å². The lowest BCUT2D eigenvalue weighted by Gasteiger charge is -2.26. The number of carbonyl (C=O) groups is 4. The number of amides is 2. The Labute approximate surface area is 725 Å². The molecule has 0 aliphatic carbocycles. The summed E-state index contributed by atoms with van der Waals surface area (Å²) in [6.45, 7) is 8.20. The lowest BCUT2D eigenvalue weighted by molar-refractivity contribution is -0.140. The van der Waals surface area contributed by atoms with Gasteiger partial charge >= 0.3 is 36.5 Å². The number of nitrogens with zero attached hydrogens (tertiary/aromatic N) is 10. The molecule has 8 N–H and O–H groups in total. The van der Waals surface area contributed by atoms with E-state index in [1.54, 1.807) is 116 Å². The van der Waals surface area contributed by atoms with Gasteiger partial charge in [0.1, 0.15) is 69.2 Å². The molecule has 45 heteroatoms. The van der Waals surface area contributed by atoms with Gasteiger partial charge in [-0.15, -0.1) is 0 Å². The number of anilines is 4. The number of rotatable bonds is 26. The molecule has 0 bridgehead atoms. The zero-order chi connectivity index (χ0) is 92.9. The van der Waals surface area contributed by atoms with E-state index in [2.05, 4.69) is 35.8 Å². The van der Waals surface area contributed by atoms with Crippen molar-refractivity contribution in [2.24, 2.45) is 14.1 Å². The van der Waals surface area contributed by atoms with Gasteiger partial charge in [0, 0.05) is 51.2 Å². The minimum Gasteiger partial charge on any atom is -0.497 e. The van der Waals surface area contributed by atoms with Crippen LogP contribution in [0.5, 0.6) is 23.3 Å². The number of aryl methyl sites for hydroxylation is 2. The molecule has 6 aromatic carbocycles. The van der Waals surface area contributed by atoms with Crippen molar-refractivity contribution in [2.45, 2.75) is 123 Å². The number of pyridine rings is 2. The van der Waals surface area contributed by atoms with E-state index in [0.717, 1.165) is 63.3 Å². The summed E-state index contributed by atoms with van der Waals surface area (Å²) in [4.78, 5) is 73.9. The number of carboxylic acids is 2. The molecule has 0 aliphatic rings. The van der Waals surface area contributed by atoms with E-state index < -0.39 is 141 Å². The highest BCUT2D eigenvalue weighted by molar-refractivity contribution is 7.92. The van der Waals surface area contributed by atoms with Crippen molar-refractivity contribution in [3.63, 3.8) is 0 Å². The van der Waals surface area contributed by atoms with E-state index in [4.69, 9.17) is 73.3 Å². The Morgan fingerprint density at radius 2 is 0.976 bits per heavy atom. The van der Waals surface area contributed by atoms with E-state index in [1.165, 1.54) is 52.1 Å². The second kappa shape index (κ2) is 41.4. The van der Waals surface area contributed by atoms with E-state index in [1.807, 2.05) is 0 Å². The number of halogens is 12. The molecule has 2 amide bonds. The zero-order valence-electron chi connectivity index (χ0n) is 68.5. The highest BCUT2D eigenvalue weighted by Crippen LogP contribution is 2.41. The maximum absolute atomic E-state index is 14.9. The van der Waals surface area contributed by atoms with Crippen LogP contribution in [0.1, 0.15) is 106 Å². The number of hydrogen-bond acceptors (Lipinski definition) is 22. The molecule has 5 heterocycles. The van der Waals surface area contributed by atoms with Crippen LogP contribution in [0.25, 0.3) is 38.5 Å². The van der Waals surface area contributed by atoms with Crippen LogP contribution in [0.2, 0.25) is 10.0 Å². The number of nitrogen functional groups attached to an aromatic ring is 2. The number of alkyl halides is 6. The van der Waals surface area contributed by atoms with Crippen LogP contribution >= 0.6 is 23.2 Å². The number of aromatic nitrogens is 8. The number of sulfonamides is 2. The number of aliphatic carboxylic acids is 1. The van der Waals surface area contributed by atoms with Crippen molar-refractivity contribution in [3.05, 3.63) is 211 Å². The molecule has 680 valence electrons. The summed E-state index contributed by atoms with van der Waals surface area (Å²) >= 11 is 13.2. The highest BCUT2D eigenvalue weighted by atomic mass is 35.5. The molecule has 0 saturated heterocycles. The number of ether oxygens (including phenoxy) is 6. The van der Waals surface area contributed by atoms with Gasteiger partial charge in [0.2, 0.25) is 31.8 Å². The summed E-state index contributed by atoms with van der Waals surface area (Å²) in [5.74, 6) is -5.77. The summed E-state index contributed by atoms with van der Waals surface area (Å²) in [5.41, 5.74) is 10.8. The van der Waals surface area contributed by atoms with Crippen LogP contribution in [0, 0.1) is 23.3 Å². The SMILES string of the molecule is C.CC(C)(C)OC(=O)N[C@@H](Cc1cc(F)cc(F)c1)C(=O)O.COc1ccc(CN(c2nn(C)c3c(-n4c([C@H](Cc5cc(F)cc(F)c5)NC(=O)OC(C)(C)C)nc5nc(OCCC(F)(F)F)ccc5c4=O)ccc(Cl)c23)S(C)(=O)=O)cc1.COc1ccc(CN(c2nn(C)c3c(N)ccc(Cl)c23)S(C)(=O)=O)cc1.Nc1nc(OCCC(F)(F)F)ccc1C(=O)O. The quantitative estimate of drug-likeness (QED) is 0.0217. The van der Waals surface area contributed by atoms with Crippen LogP contribution in [-0.4, -0.2) is 160 Å². The Kier molecular flexibility index (Phi) is 33.0. The fourth-order valence-electron chi connectivity index (χ4n) is 11.9. The van der Waals surface area contributed by atoms with Gasteiger partial charge in [0.25, 0.3) is 5.56 Å². The van der Waals surface area contributed by atoms with Gasteiger partial charge in [-0.1, -0.05) is 54.9 Å². The molecule has 0 fully saturated rings. The number of aromatic carboxylic acids is 1. The molecule has 11 aromatic rings. The molecular formula is C81H88Cl2F10N14O17S2. The van der Waals surface area contributed by atoms with Gasteiger partial charge < -0.3 is 60.7 Å². The first-order valence-corrected chi connectivity index (χ1v) is 41.3. The first-order chi connectivity index (χ1) is 58.1. The van der Waals surface area contributed by atoms with Crippen molar-refractivity contribution in [1.29, 1.82) is 0 Å². The summed E-state index contributed by atoms with van der Waals surface area (Å²) in [6, 6.07) is 27.2. The number of fused-ring (bicyclic) bond motifs is 3. The number of nitrogens with two attached hydrogens (primary N) is 2. The Hall–Kier alpha value is -12.6. The number of alkyl carbamates (subject to hydrolysis) is 2. The van der Waals surface area contributed by atoms with Gasteiger partial charge in [0.15, 0.2) is 17.3 Å². The molecule has 0 spiro atoms. The zero-order valence-corrected chi connectivity index (χ0v) is 71.7. The van der Waals surface area contributed by atoms with Crippen molar-refractivity contribution >= 4 is 123 Å². The lowest BCUT2D eigenvalue weighted by atomic mass is 10.0. The normalized spacial score (nSPS) is 12.2. The minimum absolute atomic E-state index is 0. The van der Waals surface area contributed by atoms with Crippen molar-refractivity contribution in [1.82, 2.24) is 49.7 Å². The van der Waals surface area contributed by atoms with Gasteiger partial charge in [-0.2, -0.15) is 46.5 Å². The smallest absolute Gasteiger partial charge is 0.408 e. The van der Waals surface area contributed by atoms with E-state index >= 15 is 0 Å². The van der Waals surface area contributed by atoms with E-state index in [0.29, 0.717) is 50.8 Å². The molecule has 0 saturated carbocycles. The Morgan fingerprint density at radius 1 is 0.556 bits per heavy atom. The topological polar surface area (TPSA) is 411 Å². The number of hydrogen-bond donors (Lipinski definition) is 6. The summed E-state index contributed by atoms with van der Waals surface area (Å²) in [7, 11) is -1.44. The summed E-state index contributed by atoms with van der Waals surface area (Å²) in [5, 5.41) is 32.3. The van der Waals surface area contributed by atoms with E-state index in [9.17, 15) is 84.7 Å². The molecule has 11 rings (SSSR count). The first-order valence-electron chi connectivity index (χ1n) is 36.8. The maximum atomic E-state index is 14.9. The molecule has 0 unspecified atom stereocenters. The number of carboxylic acid groups (broad SMARTS) is 2. The highest BCUT2D eigenvalue weighted by Gasteiger charge is 2.35. The second-order valence-corrected chi connectivity index (χ2v) is 34.1. The number of carbonyl (C=O) groups excluding carboxylic acids is 2. The predicted octanol–water partition coefficient (Wildman–Crippen LogP) is 15.3. The Bertz CT molecular complexity index is 6040. The summed E-state index contributed by atoms with van der Waals surface area (Å²) in [6.07, 6.45) is -11.7. The number of nitrogens with one attached hydrogen (secondary N) is 2. The predicted molar refractivity (Wildman–Crippen MR) is 450 cm³/mol. The maximum Gasteiger partial charge on any atom is 0.408 e. The molecule has 126 heavy (non-hydrogen) atoms. The average molecular weight is 1850 g/mol. The van der Waals surface area contributed by atoms with Crippen LogP contribution in [0.3, 0.4) is 0 Å². The van der Waals surface area contributed by atoms with Crippen LogP contribution in [0.4, 0.5) is 76.6 Å². The Morgan fingerprint density at radius 3 is 1.40 bits per heavy atom. The lowest BCUT2D eigenvalue weighted by Crippen LogP contribution is -2.44. The average Bonchev–Trinajstić information content (AvgIpc) is 1.48. The van der Waals surface area contributed by atoms with Gasteiger partial charge in [0.05, 0.1) is 121 Å². The monoisotopic (exact) mass is 1850 g/mol. The fourth-order valence-corrected chi connectivity index (χ4v) is 14.0. The second-order valence-electron chi connectivity index (χ2n) is 29.4. The molecule has 0 aliphatic heterocycles. The summed E-state index contributed by atoms with van der Waals surface area (Å²) < 4.78 is 218. The molecule has 31 nitrogen and oxygen atoms in total.